The van der Waals surface area contributed by atoms with Crippen LogP contribution in [0.1, 0.15) is 19.4 Å². The van der Waals surface area contributed by atoms with Crippen molar-refractivity contribution in [2.45, 2.75) is 13.8 Å². The van der Waals surface area contributed by atoms with Gasteiger partial charge in [-0.1, -0.05) is 12.1 Å². The van der Waals surface area contributed by atoms with Crippen LogP contribution in [-0.2, 0) is 23.9 Å². The maximum absolute atomic E-state index is 12.3. The molecule has 2 N–H and O–H groups in total. The highest BCUT2D eigenvalue weighted by Crippen LogP contribution is 2.28. The lowest BCUT2D eigenvalue weighted by Crippen LogP contribution is -2.76. The molecule has 110 valence electrons. The Balaban J connectivity index is 2.46. The van der Waals surface area contributed by atoms with Gasteiger partial charge in [0.25, 0.3) is 5.78 Å². The number of ether oxygens (including phenoxy) is 2. The number of carbonyl (C=O) groups is 3. The summed E-state index contributed by atoms with van der Waals surface area (Å²) in [5, 5.41) is 1.56. The zero-order valence-corrected chi connectivity index (χ0v) is 11.8. The molecule has 6 heteroatoms. The Morgan fingerprint density at radius 1 is 1.05 bits per heavy atom. The van der Waals surface area contributed by atoms with E-state index in [1.807, 2.05) is 0 Å². The van der Waals surface area contributed by atoms with E-state index in [2.05, 4.69) is 0 Å². The normalized spacial score (nSPS) is 12.9. The molecule has 0 aromatic heterocycles. The molecule has 1 aromatic carbocycles. The minimum absolute atomic E-state index is 0.0440. The first-order chi connectivity index (χ1) is 10.1. The average molecular weight is 290 g/mol. The van der Waals surface area contributed by atoms with E-state index in [1.54, 1.807) is 43.4 Å². The smallest absolute Gasteiger partial charge is 0.393 e. The predicted molar refractivity (Wildman–Crippen MR) is 73.2 cm³/mol. The van der Waals surface area contributed by atoms with Crippen molar-refractivity contribution in [3.05, 3.63) is 35.5 Å². The van der Waals surface area contributed by atoms with Crippen molar-refractivity contribution >= 4 is 29.0 Å². The highest BCUT2D eigenvalue weighted by Gasteiger charge is 2.39. The zero-order chi connectivity index (χ0) is 15.4. The molecule has 0 fully saturated rings. The van der Waals surface area contributed by atoms with Gasteiger partial charge in [0.2, 0.25) is 5.70 Å². The van der Waals surface area contributed by atoms with Gasteiger partial charge in [-0.15, -0.1) is 0 Å². The lowest BCUT2D eigenvalue weighted by atomic mass is 10.0. The second-order valence-electron chi connectivity index (χ2n) is 4.29. The van der Waals surface area contributed by atoms with E-state index < -0.39 is 17.7 Å². The Hall–Kier alpha value is -2.47. The van der Waals surface area contributed by atoms with E-state index in [9.17, 15) is 14.4 Å². The van der Waals surface area contributed by atoms with Crippen LogP contribution in [0.5, 0.6) is 0 Å². The Morgan fingerprint density at radius 2 is 1.71 bits per heavy atom. The van der Waals surface area contributed by atoms with Gasteiger partial charge in [0.1, 0.15) is 11.3 Å². The molecule has 6 nitrogen and oxygen atoms in total. The molecular formula is C15H16NO5+. The van der Waals surface area contributed by atoms with Crippen molar-refractivity contribution in [3.8, 4) is 0 Å². The van der Waals surface area contributed by atoms with Crippen molar-refractivity contribution in [2.24, 2.45) is 0 Å². The number of para-hydroxylation sites is 1. The summed E-state index contributed by atoms with van der Waals surface area (Å²) in [5.41, 5.74) is 1.38. The third-order valence-corrected chi connectivity index (χ3v) is 2.98. The summed E-state index contributed by atoms with van der Waals surface area (Å²) in [6, 6.07) is 6.97. The predicted octanol–water partition coefficient (Wildman–Crippen LogP) is 0.301. The SMILES string of the molecule is CCOC(=O)C(=O)C1=C(C(=O)OCC)[NH2+]c2ccccc21. The van der Waals surface area contributed by atoms with Gasteiger partial charge < -0.3 is 9.47 Å². The van der Waals surface area contributed by atoms with E-state index in [4.69, 9.17) is 9.47 Å². The average Bonchev–Trinajstić information content (AvgIpc) is 2.86. The summed E-state index contributed by atoms with van der Waals surface area (Å²) in [4.78, 5) is 35.9. The molecular weight excluding hydrogens is 274 g/mol. The van der Waals surface area contributed by atoms with Gasteiger partial charge in [0.15, 0.2) is 0 Å². The van der Waals surface area contributed by atoms with Gasteiger partial charge >= 0.3 is 11.9 Å². The first kappa shape index (κ1) is 14.9. The summed E-state index contributed by atoms with van der Waals surface area (Å²) in [5.74, 6) is -2.43. The second-order valence-corrected chi connectivity index (χ2v) is 4.29. The standard InChI is InChI=1S/C15H15NO5/c1-3-20-14(18)12-11(13(17)15(19)21-4-2)9-7-5-6-8-10(9)16-12/h5-8,16H,3-4H2,1-2H3/p+1. The number of esters is 2. The summed E-state index contributed by atoms with van der Waals surface area (Å²) in [6.07, 6.45) is 0. The number of rotatable bonds is 5. The number of quaternary nitrogens is 1. The van der Waals surface area contributed by atoms with E-state index >= 15 is 0 Å². The molecule has 0 amide bonds. The van der Waals surface area contributed by atoms with E-state index in [1.165, 1.54) is 0 Å². The third-order valence-electron chi connectivity index (χ3n) is 2.98. The molecule has 0 saturated carbocycles. The molecule has 0 bridgehead atoms. The quantitative estimate of drug-likeness (QED) is 0.479. The summed E-state index contributed by atoms with van der Waals surface area (Å²) in [7, 11) is 0. The maximum Gasteiger partial charge on any atom is 0.393 e. The number of fused-ring (bicyclic) bond motifs is 1. The second kappa shape index (κ2) is 6.32. The molecule has 0 aliphatic carbocycles. The van der Waals surface area contributed by atoms with Crippen LogP contribution in [0.2, 0.25) is 0 Å². The number of hydrogen-bond donors (Lipinski definition) is 1. The number of ketones is 1. The highest BCUT2D eigenvalue weighted by molar-refractivity contribution is 6.53. The molecule has 1 aliphatic heterocycles. The van der Waals surface area contributed by atoms with Crippen molar-refractivity contribution in [2.75, 3.05) is 13.2 Å². The number of hydrogen-bond acceptors (Lipinski definition) is 5. The van der Waals surface area contributed by atoms with Gasteiger partial charge in [0.05, 0.1) is 18.8 Å². The van der Waals surface area contributed by atoms with E-state index in [0.29, 0.717) is 11.3 Å². The Bertz CT molecular complexity index is 633. The Kier molecular flexibility index (Phi) is 4.49. The molecule has 0 atom stereocenters. The van der Waals surface area contributed by atoms with Crippen molar-refractivity contribution in [1.82, 2.24) is 0 Å². The minimum atomic E-state index is -0.973. The maximum atomic E-state index is 12.3. The molecule has 0 unspecified atom stereocenters. The van der Waals surface area contributed by atoms with Crippen LogP contribution >= 0.6 is 0 Å². The van der Waals surface area contributed by atoms with Crippen LogP contribution in [0.25, 0.3) is 5.57 Å². The van der Waals surface area contributed by atoms with Crippen LogP contribution < -0.4 is 5.32 Å². The Morgan fingerprint density at radius 3 is 2.38 bits per heavy atom. The molecule has 0 radical (unpaired) electrons. The fourth-order valence-corrected chi connectivity index (χ4v) is 2.14. The number of Topliss-reactive ketones (excluding diaryl/α,β-unsaturated/α-hetero) is 1. The van der Waals surface area contributed by atoms with Crippen LogP contribution in [0.15, 0.2) is 30.0 Å². The van der Waals surface area contributed by atoms with Crippen LogP contribution in [-0.4, -0.2) is 30.9 Å². The highest BCUT2D eigenvalue weighted by atomic mass is 16.5. The fourth-order valence-electron chi connectivity index (χ4n) is 2.14. The Labute approximate surface area is 121 Å². The van der Waals surface area contributed by atoms with Crippen molar-refractivity contribution in [3.63, 3.8) is 0 Å². The van der Waals surface area contributed by atoms with Gasteiger partial charge in [-0.25, -0.2) is 9.59 Å². The van der Waals surface area contributed by atoms with Gasteiger partial charge in [-0.3, -0.25) is 10.1 Å². The van der Waals surface area contributed by atoms with Crippen molar-refractivity contribution in [1.29, 1.82) is 0 Å². The lowest BCUT2D eigenvalue weighted by molar-refractivity contribution is -0.508. The molecule has 1 aliphatic rings. The van der Waals surface area contributed by atoms with Gasteiger partial charge in [0, 0.05) is 6.07 Å². The van der Waals surface area contributed by atoms with Gasteiger partial charge in [-0.05, 0) is 19.9 Å². The van der Waals surface area contributed by atoms with Crippen molar-refractivity contribution < 1.29 is 29.2 Å². The third kappa shape index (κ3) is 2.85. The minimum Gasteiger partial charge on any atom is -0.460 e. The lowest BCUT2D eigenvalue weighted by Gasteiger charge is -2.03. The molecule has 2 rings (SSSR count). The molecule has 21 heavy (non-hydrogen) atoms. The summed E-state index contributed by atoms with van der Waals surface area (Å²) in [6.45, 7) is 3.57. The van der Waals surface area contributed by atoms with E-state index in [0.717, 1.165) is 0 Å². The number of benzene rings is 1. The fraction of sp³-hybridized carbons (Fsp3) is 0.267. The van der Waals surface area contributed by atoms with Crippen LogP contribution in [0, 0.1) is 0 Å². The number of carbonyl (C=O) groups excluding carboxylic acids is 3. The zero-order valence-electron chi connectivity index (χ0n) is 11.8. The van der Waals surface area contributed by atoms with Gasteiger partial charge in [-0.2, -0.15) is 0 Å². The molecule has 0 spiro atoms. The van der Waals surface area contributed by atoms with Crippen LogP contribution in [0.3, 0.4) is 0 Å². The first-order valence-electron chi connectivity index (χ1n) is 6.67. The van der Waals surface area contributed by atoms with Crippen LogP contribution in [0.4, 0.5) is 5.69 Å². The largest absolute Gasteiger partial charge is 0.460 e. The first-order valence-corrected chi connectivity index (χ1v) is 6.67. The monoisotopic (exact) mass is 290 g/mol. The topological polar surface area (TPSA) is 86.3 Å². The summed E-state index contributed by atoms with van der Waals surface area (Å²) < 4.78 is 9.68. The van der Waals surface area contributed by atoms with E-state index in [-0.39, 0.29) is 24.5 Å². The molecule has 1 heterocycles. The molecule has 0 saturated heterocycles. The summed E-state index contributed by atoms with van der Waals surface area (Å²) >= 11 is 0. The number of nitrogens with two attached hydrogens (primary N) is 1. The molecule has 1 aromatic rings.